The third-order valence-corrected chi connectivity index (χ3v) is 5.55. The molecule has 0 radical (unpaired) electrons. The summed E-state index contributed by atoms with van der Waals surface area (Å²) in [7, 11) is 0. The van der Waals surface area contributed by atoms with E-state index in [0.29, 0.717) is 27.4 Å². The van der Waals surface area contributed by atoms with E-state index in [0.717, 1.165) is 15.5 Å². The first-order valence-electron chi connectivity index (χ1n) is 9.78. The first-order chi connectivity index (χ1) is 16.8. The van der Waals surface area contributed by atoms with E-state index < -0.39 is 9.85 Å². The maximum absolute atomic E-state index is 10.8. The average Bonchev–Trinajstić information content (AvgIpc) is 2.85. The lowest BCUT2D eigenvalue weighted by Gasteiger charge is -2.08. The highest BCUT2D eigenvalue weighted by Gasteiger charge is 2.11. The second-order valence-corrected chi connectivity index (χ2v) is 8.21. The Morgan fingerprint density at radius 2 is 1.29 bits per heavy atom. The molecule has 35 heavy (non-hydrogen) atoms. The van der Waals surface area contributed by atoms with Crippen LogP contribution in [0, 0.1) is 20.2 Å². The molecule has 0 fully saturated rings. The molecule has 0 bridgehead atoms. The molecule has 0 aliphatic heterocycles. The SMILES string of the molecule is O=[N+]([O-])c1ccc2c(Cl)ncnc2c1.O=[N+]([O-])c1ccc2c(Nc3ccc(Br)cc3)ncnc2c1. The third kappa shape index (κ3) is 5.62. The number of anilines is 2. The summed E-state index contributed by atoms with van der Waals surface area (Å²) in [6.45, 7) is 0. The van der Waals surface area contributed by atoms with Crippen LogP contribution in [-0.4, -0.2) is 29.8 Å². The normalized spacial score (nSPS) is 10.5. The minimum atomic E-state index is -0.477. The van der Waals surface area contributed by atoms with Crippen LogP contribution in [0.3, 0.4) is 0 Å². The van der Waals surface area contributed by atoms with Crippen LogP contribution >= 0.6 is 27.5 Å². The molecule has 1 N–H and O–H groups in total. The zero-order valence-electron chi connectivity index (χ0n) is 17.5. The quantitative estimate of drug-likeness (QED) is 0.155. The zero-order valence-corrected chi connectivity index (χ0v) is 19.8. The van der Waals surface area contributed by atoms with Crippen LogP contribution in [0.2, 0.25) is 5.15 Å². The fraction of sp³-hybridized carbons (Fsp3) is 0. The van der Waals surface area contributed by atoms with Crippen LogP contribution in [0.1, 0.15) is 0 Å². The van der Waals surface area contributed by atoms with Gasteiger partial charge in [-0.15, -0.1) is 0 Å². The molecule has 5 rings (SSSR count). The molecule has 174 valence electrons. The van der Waals surface area contributed by atoms with Crippen molar-refractivity contribution in [1.82, 2.24) is 19.9 Å². The van der Waals surface area contributed by atoms with Crippen molar-refractivity contribution in [2.75, 3.05) is 5.32 Å². The number of nitrogens with zero attached hydrogens (tertiary/aromatic N) is 6. The molecule has 11 nitrogen and oxygen atoms in total. The molecular formula is C22H13BrClN7O4. The minimum Gasteiger partial charge on any atom is -0.340 e. The second kappa shape index (κ2) is 10.3. The number of rotatable bonds is 4. The molecule has 0 atom stereocenters. The Morgan fingerprint density at radius 3 is 1.89 bits per heavy atom. The Bertz CT molecular complexity index is 1570. The summed E-state index contributed by atoms with van der Waals surface area (Å²) in [6, 6.07) is 16.4. The number of hydrogen-bond acceptors (Lipinski definition) is 9. The fourth-order valence-corrected chi connectivity index (χ4v) is 3.52. The molecule has 0 aliphatic rings. The van der Waals surface area contributed by atoms with Crippen molar-refractivity contribution in [2.24, 2.45) is 0 Å². The van der Waals surface area contributed by atoms with Gasteiger partial charge in [0, 0.05) is 45.2 Å². The van der Waals surface area contributed by atoms with Gasteiger partial charge in [-0.05, 0) is 36.4 Å². The Labute approximate surface area is 210 Å². The standard InChI is InChI=1S/C14H9BrN4O2.C8H4ClN3O2/c15-9-1-3-10(4-2-9)18-14-12-6-5-11(19(20)21)7-13(12)16-8-17-14;9-8-6-2-1-5(12(13)14)3-7(6)10-4-11-8/h1-8H,(H,16,17,18);1-4H. The van der Waals surface area contributed by atoms with Gasteiger partial charge >= 0.3 is 0 Å². The minimum absolute atomic E-state index is 0.00716. The number of benzene rings is 3. The number of aromatic nitrogens is 4. The summed E-state index contributed by atoms with van der Waals surface area (Å²) in [5.41, 5.74) is 1.87. The van der Waals surface area contributed by atoms with E-state index >= 15 is 0 Å². The van der Waals surface area contributed by atoms with Crippen LogP contribution < -0.4 is 5.32 Å². The largest absolute Gasteiger partial charge is 0.340 e. The summed E-state index contributed by atoms with van der Waals surface area (Å²) in [5, 5.41) is 26.1. The van der Waals surface area contributed by atoms with Crippen molar-refractivity contribution in [3.05, 3.63) is 103 Å². The fourth-order valence-electron chi connectivity index (χ4n) is 3.05. The molecule has 0 amide bonds. The number of hydrogen-bond donors (Lipinski definition) is 1. The predicted octanol–water partition coefficient (Wildman–Crippen LogP) is 6.24. The van der Waals surface area contributed by atoms with Crippen LogP contribution in [0.5, 0.6) is 0 Å². The van der Waals surface area contributed by atoms with Crippen molar-refractivity contribution in [2.45, 2.75) is 0 Å². The molecule has 0 saturated carbocycles. The molecule has 0 spiro atoms. The lowest BCUT2D eigenvalue weighted by molar-refractivity contribution is -0.384. The molecule has 2 aromatic heterocycles. The number of nitro benzene ring substituents is 2. The number of fused-ring (bicyclic) bond motifs is 2. The zero-order chi connectivity index (χ0) is 24.9. The van der Waals surface area contributed by atoms with E-state index in [2.05, 4.69) is 41.2 Å². The van der Waals surface area contributed by atoms with Gasteiger partial charge in [0.05, 0.1) is 20.9 Å². The maximum Gasteiger partial charge on any atom is 0.271 e. The predicted molar refractivity (Wildman–Crippen MR) is 135 cm³/mol. The van der Waals surface area contributed by atoms with E-state index in [9.17, 15) is 20.2 Å². The van der Waals surface area contributed by atoms with E-state index in [4.69, 9.17) is 11.6 Å². The number of halogens is 2. The Morgan fingerprint density at radius 1 is 0.743 bits per heavy atom. The third-order valence-electron chi connectivity index (χ3n) is 4.72. The van der Waals surface area contributed by atoms with Crippen molar-refractivity contribution < 1.29 is 9.85 Å². The van der Waals surface area contributed by atoms with E-state index in [1.165, 1.54) is 43.0 Å². The molecule has 13 heteroatoms. The smallest absolute Gasteiger partial charge is 0.271 e. The molecule has 2 heterocycles. The van der Waals surface area contributed by atoms with Gasteiger partial charge in [-0.1, -0.05) is 27.5 Å². The van der Waals surface area contributed by atoms with Gasteiger partial charge in [-0.2, -0.15) is 0 Å². The highest BCUT2D eigenvalue weighted by atomic mass is 79.9. The molecule has 3 aromatic carbocycles. The average molecular weight is 555 g/mol. The van der Waals surface area contributed by atoms with Gasteiger partial charge in [-0.25, -0.2) is 19.9 Å². The Balaban J connectivity index is 0.000000179. The van der Waals surface area contributed by atoms with Crippen LogP contribution in [0.4, 0.5) is 22.9 Å². The summed E-state index contributed by atoms with van der Waals surface area (Å²) in [4.78, 5) is 36.3. The topological polar surface area (TPSA) is 150 Å². The van der Waals surface area contributed by atoms with Gasteiger partial charge in [0.15, 0.2) is 0 Å². The second-order valence-electron chi connectivity index (χ2n) is 6.94. The summed E-state index contributed by atoms with van der Waals surface area (Å²) < 4.78 is 0.983. The Kier molecular flexibility index (Phi) is 7.03. The van der Waals surface area contributed by atoms with Crippen molar-refractivity contribution in [3.63, 3.8) is 0 Å². The number of nitro groups is 2. The molecule has 0 saturated heterocycles. The maximum atomic E-state index is 10.8. The van der Waals surface area contributed by atoms with Crippen molar-refractivity contribution >= 4 is 72.2 Å². The van der Waals surface area contributed by atoms with Crippen LogP contribution in [0.25, 0.3) is 21.8 Å². The van der Waals surface area contributed by atoms with Crippen molar-refractivity contribution in [3.8, 4) is 0 Å². The summed E-state index contributed by atoms with van der Waals surface area (Å²) in [6.07, 6.45) is 2.65. The van der Waals surface area contributed by atoms with E-state index in [1.54, 1.807) is 6.07 Å². The van der Waals surface area contributed by atoms with Gasteiger partial charge in [0.2, 0.25) is 0 Å². The molecular weight excluding hydrogens is 542 g/mol. The monoisotopic (exact) mass is 553 g/mol. The highest BCUT2D eigenvalue weighted by Crippen LogP contribution is 2.27. The van der Waals surface area contributed by atoms with Gasteiger partial charge < -0.3 is 5.32 Å². The Hall–Kier alpha value is -4.29. The van der Waals surface area contributed by atoms with Gasteiger partial charge in [0.25, 0.3) is 11.4 Å². The van der Waals surface area contributed by atoms with Crippen molar-refractivity contribution in [1.29, 1.82) is 0 Å². The summed E-state index contributed by atoms with van der Waals surface area (Å²) in [5.74, 6) is 0.609. The molecule has 5 aromatic rings. The van der Waals surface area contributed by atoms with E-state index in [-0.39, 0.29) is 11.4 Å². The number of non-ortho nitro benzene ring substituents is 2. The molecule has 0 unspecified atom stereocenters. The lowest BCUT2D eigenvalue weighted by Crippen LogP contribution is -1.96. The first-order valence-corrected chi connectivity index (χ1v) is 11.0. The molecule has 0 aliphatic carbocycles. The van der Waals surface area contributed by atoms with E-state index in [1.807, 2.05) is 24.3 Å². The summed E-state index contributed by atoms with van der Waals surface area (Å²) >= 11 is 9.14. The van der Waals surface area contributed by atoms with Crippen LogP contribution in [0.15, 0.2) is 77.8 Å². The highest BCUT2D eigenvalue weighted by molar-refractivity contribution is 9.10. The lowest BCUT2D eigenvalue weighted by atomic mass is 10.2. The van der Waals surface area contributed by atoms with Gasteiger partial charge in [-0.3, -0.25) is 20.2 Å². The van der Waals surface area contributed by atoms with Crippen LogP contribution in [-0.2, 0) is 0 Å². The first kappa shape index (κ1) is 23.9. The number of nitrogens with one attached hydrogen (secondary N) is 1. The van der Waals surface area contributed by atoms with Gasteiger partial charge in [0.1, 0.15) is 23.6 Å².